The monoisotopic (exact) mass is 330 g/mol. The molecule has 0 radical (unpaired) electrons. The van der Waals surface area contributed by atoms with Gasteiger partial charge in [-0.1, -0.05) is 12.1 Å². The first-order valence-corrected chi connectivity index (χ1v) is 9.03. The lowest BCUT2D eigenvalue weighted by Crippen LogP contribution is -2.45. The van der Waals surface area contributed by atoms with E-state index in [4.69, 9.17) is 9.47 Å². The van der Waals surface area contributed by atoms with Crippen molar-refractivity contribution in [1.82, 2.24) is 9.80 Å². The Morgan fingerprint density at radius 3 is 2.88 bits per heavy atom. The zero-order chi connectivity index (χ0) is 16.5. The molecule has 2 aliphatic heterocycles. The van der Waals surface area contributed by atoms with Crippen molar-refractivity contribution in [3.63, 3.8) is 0 Å². The average Bonchev–Trinajstić information content (AvgIpc) is 2.96. The molecule has 0 N–H and O–H groups in total. The van der Waals surface area contributed by atoms with Gasteiger partial charge in [0, 0.05) is 44.6 Å². The van der Waals surface area contributed by atoms with Crippen LogP contribution in [0, 0.1) is 0 Å². The highest BCUT2D eigenvalue weighted by Gasteiger charge is 2.43. The zero-order valence-corrected chi connectivity index (χ0v) is 14.4. The molecule has 1 aromatic carbocycles. The molecule has 2 atom stereocenters. The molecule has 2 saturated heterocycles. The molecular formula is C19H26N2O3. The van der Waals surface area contributed by atoms with Gasteiger partial charge in [-0.15, -0.1) is 0 Å². The van der Waals surface area contributed by atoms with E-state index >= 15 is 0 Å². The standard InChI is InChI=1S/C19H26N2O3/c1-23-18-4-2-3-14-15(18)5-6-17-16(14)13-19(22)21(17)8-7-20-9-11-24-12-10-20/h2-4,16-17H,5-13H2,1H3/t16-,17+/m1/s1. The number of ether oxygens (including phenoxy) is 2. The van der Waals surface area contributed by atoms with Gasteiger partial charge in [0.25, 0.3) is 0 Å². The Morgan fingerprint density at radius 2 is 2.08 bits per heavy atom. The molecule has 2 heterocycles. The zero-order valence-electron chi connectivity index (χ0n) is 14.4. The minimum Gasteiger partial charge on any atom is -0.496 e. The number of hydrogen-bond donors (Lipinski definition) is 0. The van der Waals surface area contributed by atoms with E-state index in [1.807, 2.05) is 6.07 Å². The second-order valence-electron chi connectivity index (χ2n) is 6.99. The van der Waals surface area contributed by atoms with Gasteiger partial charge in [-0.05, 0) is 30.0 Å². The van der Waals surface area contributed by atoms with E-state index in [0.717, 1.165) is 58.0 Å². The summed E-state index contributed by atoms with van der Waals surface area (Å²) in [6.07, 6.45) is 2.70. The van der Waals surface area contributed by atoms with Crippen molar-refractivity contribution in [2.24, 2.45) is 0 Å². The number of likely N-dealkylation sites (tertiary alicyclic amines) is 1. The number of carbonyl (C=O) groups excluding carboxylic acids is 1. The molecule has 1 aliphatic carbocycles. The van der Waals surface area contributed by atoms with Crippen molar-refractivity contribution in [2.75, 3.05) is 46.5 Å². The second kappa shape index (κ2) is 6.73. The van der Waals surface area contributed by atoms with E-state index < -0.39 is 0 Å². The van der Waals surface area contributed by atoms with Crippen LogP contribution in [0.2, 0.25) is 0 Å². The van der Waals surface area contributed by atoms with E-state index in [9.17, 15) is 4.79 Å². The number of nitrogens with zero attached hydrogens (tertiary/aromatic N) is 2. The molecule has 0 aromatic heterocycles. The fraction of sp³-hybridized carbons (Fsp3) is 0.632. The summed E-state index contributed by atoms with van der Waals surface area (Å²) in [4.78, 5) is 17.2. The van der Waals surface area contributed by atoms with Gasteiger partial charge in [-0.3, -0.25) is 9.69 Å². The number of hydrogen-bond acceptors (Lipinski definition) is 4. The Hall–Kier alpha value is -1.59. The number of carbonyl (C=O) groups is 1. The van der Waals surface area contributed by atoms with Crippen LogP contribution in [0.15, 0.2) is 18.2 Å². The van der Waals surface area contributed by atoms with Gasteiger partial charge in [0.1, 0.15) is 5.75 Å². The summed E-state index contributed by atoms with van der Waals surface area (Å²) < 4.78 is 10.9. The Labute approximate surface area is 143 Å². The maximum absolute atomic E-state index is 12.6. The smallest absolute Gasteiger partial charge is 0.223 e. The third kappa shape index (κ3) is 2.80. The van der Waals surface area contributed by atoms with Gasteiger partial charge in [0.05, 0.1) is 20.3 Å². The Kier molecular flexibility index (Phi) is 4.46. The highest BCUT2D eigenvalue weighted by molar-refractivity contribution is 5.81. The topological polar surface area (TPSA) is 42.0 Å². The maximum Gasteiger partial charge on any atom is 0.223 e. The van der Waals surface area contributed by atoms with Crippen LogP contribution < -0.4 is 4.74 Å². The molecule has 4 rings (SSSR count). The number of morpholine rings is 1. The van der Waals surface area contributed by atoms with E-state index in [1.165, 1.54) is 11.1 Å². The van der Waals surface area contributed by atoms with Crippen molar-refractivity contribution in [1.29, 1.82) is 0 Å². The summed E-state index contributed by atoms with van der Waals surface area (Å²) in [5.74, 6) is 1.63. The fourth-order valence-electron chi connectivity index (χ4n) is 4.56. The summed E-state index contributed by atoms with van der Waals surface area (Å²) in [6, 6.07) is 6.64. The number of rotatable bonds is 4. The first-order valence-electron chi connectivity index (χ1n) is 9.03. The Bertz CT molecular complexity index is 613. The van der Waals surface area contributed by atoms with Crippen LogP contribution in [0.25, 0.3) is 0 Å². The summed E-state index contributed by atoms with van der Waals surface area (Å²) in [6.45, 7) is 5.40. The van der Waals surface area contributed by atoms with Crippen LogP contribution in [-0.2, 0) is 16.0 Å². The first kappa shape index (κ1) is 15.9. The number of benzene rings is 1. The van der Waals surface area contributed by atoms with E-state index in [2.05, 4.69) is 21.9 Å². The van der Waals surface area contributed by atoms with Crippen molar-refractivity contribution in [2.45, 2.75) is 31.2 Å². The van der Waals surface area contributed by atoms with Gasteiger partial charge in [-0.25, -0.2) is 0 Å². The molecule has 0 saturated carbocycles. The van der Waals surface area contributed by atoms with Gasteiger partial charge in [0.15, 0.2) is 0 Å². The molecule has 1 amide bonds. The molecular weight excluding hydrogens is 304 g/mol. The second-order valence-corrected chi connectivity index (χ2v) is 6.99. The SMILES string of the molecule is COc1cccc2c1CC[C@H]1[C@@H]2CC(=O)N1CCN1CCOCC1. The molecule has 0 bridgehead atoms. The highest BCUT2D eigenvalue weighted by atomic mass is 16.5. The molecule has 1 aromatic rings. The number of methoxy groups -OCH3 is 1. The minimum atomic E-state index is 0.314. The summed E-state index contributed by atoms with van der Waals surface area (Å²) >= 11 is 0. The lowest BCUT2D eigenvalue weighted by Gasteiger charge is -2.35. The average molecular weight is 330 g/mol. The largest absolute Gasteiger partial charge is 0.496 e. The molecule has 0 unspecified atom stereocenters. The normalized spacial score (nSPS) is 27.0. The van der Waals surface area contributed by atoms with Gasteiger partial charge in [-0.2, -0.15) is 0 Å². The predicted molar refractivity (Wildman–Crippen MR) is 91.4 cm³/mol. The highest BCUT2D eigenvalue weighted by Crippen LogP contribution is 2.44. The first-order chi connectivity index (χ1) is 11.8. The summed E-state index contributed by atoms with van der Waals surface area (Å²) in [5, 5.41) is 0. The van der Waals surface area contributed by atoms with Crippen molar-refractivity contribution in [3.8, 4) is 5.75 Å². The van der Waals surface area contributed by atoms with Gasteiger partial charge in [0.2, 0.25) is 5.91 Å². The number of amides is 1. The van der Waals surface area contributed by atoms with Crippen LogP contribution in [-0.4, -0.2) is 68.3 Å². The molecule has 2 fully saturated rings. The van der Waals surface area contributed by atoms with Crippen molar-refractivity contribution < 1.29 is 14.3 Å². The van der Waals surface area contributed by atoms with Gasteiger partial charge >= 0.3 is 0 Å². The molecule has 24 heavy (non-hydrogen) atoms. The van der Waals surface area contributed by atoms with Crippen molar-refractivity contribution in [3.05, 3.63) is 29.3 Å². The van der Waals surface area contributed by atoms with Crippen LogP contribution in [0.5, 0.6) is 5.75 Å². The minimum absolute atomic E-state index is 0.314. The van der Waals surface area contributed by atoms with E-state index in [0.29, 0.717) is 24.3 Å². The molecule has 5 nitrogen and oxygen atoms in total. The van der Waals surface area contributed by atoms with Crippen LogP contribution in [0.4, 0.5) is 0 Å². The lowest BCUT2D eigenvalue weighted by molar-refractivity contribution is -0.129. The summed E-state index contributed by atoms with van der Waals surface area (Å²) in [5.41, 5.74) is 2.64. The van der Waals surface area contributed by atoms with Crippen LogP contribution in [0.1, 0.15) is 29.9 Å². The Morgan fingerprint density at radius 1 is 1.25 bits per heavy atom. The maximum atomic E-state index is 12.6. The number of fused-ring (bicyclic) bond motifs is 3. The molecule has 0 spiro atoms. The van der Waals surface area contributed by atoms with Crippen molar-refractivity contribution >= 4 is 5.91 Å². The van der Waals surface area contributed by atoms with Crippen LogP contribution in [0.3, 0.4) is 0 Å². The van der Waals surface area contributed by atoms with Gasteiger partial charge < -0.3 is 14.4 Å². The third-order valence-electron chi connectivity index (χ3n) is 5.82. The lowest BCUT2D eigenvalue weighted by atomic mass is 9.79. The predicted octanol–water partition coefficient (Wildman–Crippen LogP) is 1.66. The fourth-order valence-corrected chi connectivity index (χ4v) is 4.56. The van der Waals surface area contributed by atoms with Crippen LogP contribution >= 0.6 is 0 Å². The van der Waals surface area contributed by atoms with E-state index in [-0.39, 0.29) is 0 Å². The molecule has 130 valence electrons. The molecule has 5 heteroatoms. The Balaban J connectivity index is 1.48. The quantitative estimate of drug-likeness (QED) is 0.842. The molecule has 3 aliphatic rings. The van der Waals surface area contributed by atoms with E-state index in [1.54, 1.807) is 7.11 Å². The third-order valence-corrected chi connectivity index (χ3v) is 5.82. The summed E-state index contributed by atoms with van der Waals surface area (Å²) in [7, 11) is 1.73.